The molecular formula is C11H11N3O2S. The summed E-state index contributed by atoms with van der Waals surface area (Å²) in [6.07, 6.45) is 0.490. The second kappa shape index (κ2) is 4.55. The van der Waals surface area contributed by atoms with Gasteiger partial charge in [-0.05, 0) is 24.6 Å². The molecule has 17 heavy (non-hydrogen) atoms. The van der Waals surface area contributed by atoms with Crippen molar-refractivity contribution in [3.05, 3.63) is 18.2 Å². The summed E-state index contributed by atoms with van der Waals surface area (Å²) in [5.74, 6) is 0. The Morgan fingerprint density at radius 3 is 3.06 bits per heavy atom. The molecule has 2 atom stereocenters. The van der Waals surface area contributed by atoms with Gasteiger partial charge < -0.3 is 10.2 Å². The Kier molecular flexibility index (Phi) is 3.11. The number of hydrogen-bond acceptors (Lipinski definition) is 5. The molecule has 88 valence electrons. The molecule has 0 bridgehead atoms. The number of hydrogen-bond donors (Lipinski definition) is 1. The van der Waals surface area contributed by atoms with Gasteiger partial charge in [-0.15, -0.1) is 0 Å². The van der Waals surface area contributed by atoms with Crippen molar-refractivity contribution >= 4 is 27.6 Å². The first-order chi connectivity index (χ1) is 8.15. The first-order valence-electron chi connectivity index (χ1n) is 5.12. The van der Waals surface area contributed by atoms with E-state index in [4.69, 9.17) is 15.4 Å². The summed E-state index contributed by atoms with van der Waals surface area (Å²) in [6, 6.07) is 6.98. The van der Waals surface area contributed by atoms with Crippen LogP contribution in [0.5, 0.6) is 0 Å². The van der Waals surface area contributed by atoms with Crippen molar-refractivity contribution in [3.63, 3.8) is 0 Å². The van der Waals surface area contributed by atoms with E-state index in [-0.39, 0.29) is 5.22 Å². The number of nitrogens with zero attached hydrogens (tertiary/aromatic N) is 2. The SMILES string of the molecule is CCC(C#N)S(=O)c1nc2cc(N)ccc2o1. The molecule has 0 radical (unpaired) electrons. The first kappa shape index (κ1) is 11.6. The maximum atomic E-state index is 12.0. The summed E-state index contributed by atoms with van der Waals surface area (Å²) in [4.78, 5) is 4.09. The van der Waals surface area contributed by atoms with E-state index in [0.29, 0.717) is 23.2 Å². The fourth-order valence-electron chi connectivity index (χ4n) is 1.42. The average molecular weight is 249 g/mol. The lowest BCUT2D eigenvalue weighted by Crippen LogP contribution is -2.11. The number of rotatable bonds is 3. The lowest BCUT2D eigenvalue weighted by atomic mass is 10.3. The Labute approximate surface area is 101 Å². The van der Waals surface area contributed by atoms with Crippen LogP contribution in [-0.4, -0.2) is 14.4 Å². The van der Waals surface area contributed by atoms with Crippen molar-refractivity contribution in [1.29, 1.82) is 5.26 Å². The van der Waals surface area contributed by atoms with Gasteiger partial charge in [0.15, 0.2) is 5.58 Å². The van der Waals surface area contributed by atoms with Crippen molar-refractivity contribution in [2.75, 3.05) is 5.73 Å². The Hall–Kier alpha value is -1.87. The zero-order valence-corrected chi connectivity index (χ0v) is 10.0. The molecule has 0 saturated heterocycles. The van der Waals surface area contributed by atoms with Crippen LogP contribution in [0.25, 0.3) is 11.1 Å². The number of oxazole rings is 1. The molecule has 0 aliphatic heterocycles. The summed E-state index contributed by atoms with van der Waals surface area (Å²) in [7, 11) is -1.54. The van der Waals surface area contributed by atoms with E-state index in [0.717, 1.165) is 0 Å². The highest BCUT2D eigenvalue weighted by atomic mass is 32.2. The minimum Gasteiger partial charge on any atom is -0.430 e. The molecule has 1 heterocycles. The minimum absolute atomic E-state index is 0.0824. The molecule has 0 aliphatic rings. The van der Waals surface area contributed by atoms with Crippen LogP contribution >= 0.6 is 0 Å². The maximum absolute atomic E-state index is 12.0. The smallest absolute Gasteiger partial charge is 0.289 e. The van der Waals surface area contributed by atoms with Crippen LogP contribution in [0.1, 0.15) is 13.3 Å². The highest BCUT2D eigenvalue weighted by molar-refractivity contribution is 7.85. The van der Waals surface area contributed by atoms with Gasteiger partial charge in [-0.3, -0.25) is 0 Å². The Bertz CT molecular complexity index is 615. The van der Waals surface area contributed by atoms with E-state index in [1.807, 2.05) is 6.07 Å². The fourth-order valence-corrected chi connectivity index (χ4v) is 2.42. The molecular weight excluding hydrogens is 238 g/mol. The highest BCUT2D eigenvalue weighted by Gasteiger charge is 2.21. The van der Waals surface area contributed by atoms with E-state index < -0.39 is 16.0 Å². The third-order valence-corrected chi connectivity index (χ3v) is 3.81. The number of fused-ring (bicyclic) bond motifs is 1. The molecule has 1 aromatic heterocycles. The molecule has 0 fully saturated rings. The van der Waals surface area contributed by atoms with E-state index in [1.165, 1.54) is 0 Å². The molecule has 0 aliphatic carbocycles. The Morgan fingerprint density at radius 2 is 2.41 bits per heavy atom. The standard InChI is InChI=1S/C11H11N3O2S/c1-2-8(6-12)17(15)11-14-9-5-7(13)3-4-10(9)16-11/h3-5,8H,2,13H2,1H3. The van der Waals surface area contributed by atoms with Gasteiger partial charge in [0.05, 0.1) is 6.07 Å². The fraction of sp³-hybridized carbons (Fsp3) is 0.273. The first-order valence-corrected chi connectivity index (χ1v) is 6.33. The quantitative estimate of drug-likeness (QED) is 0.837. The van der Waals surface area contributed by atoms with Gasteiger partial charge in [-0.2, -0.15) is 5.26 Å². The molecule has 0 spiro atoms. The van der Waals surface area contributed by atoms with Crippen LogP contribution in [0.3, 0.4) is 0 Å². The number of nitriles is 1. The van der Waals surface area contributed by atoms with Crippen LogP contribution < -0.4 is 5.73 Å². The topological polar surface area (TPSA) is 92.9 Å². The zero-order chi connectivity index (χ0) is 12.4. The molecule has 0 saturated carbocycles. The number of nitrogen functional groups attached to an aromatic ring is 1. The monoisotopic (exact) mass is 249 g/mol. The minimum atomic E-state index is -1.54. The third-order valence-electron chi connectivity index (χ3n) is 2.34. The van der Waals surface area contributed by atoms with Gasteiger partial charge in [0, 0.05) is 5.69 Å². The maximum Gasteiger partial charge on any atom is 0.289 e. The second-order valence-corrected chi connectivity index (χ2v) is 5.04. The predicted octanol–water partition coefficient (Wildman–Crippen LogP) is 1.82. The van der Waals surface area contributed by atoms with Crippen molar-refractivity contribution in [3.8, 4) is 6.07 Å². The Morgan fingerprint density at radius 1 is 1.65 bits per heavy atom. The summed E-state index contributed by atoms with van der Waals surface area (Å²) in [5.41, 5.74) is 7.26. The molecule has 6 heteroatoms. The Balaban J connectivity index is 2.43. The normalized spacial score (nSPS) is 14.4. The van der Waals surface area contributed by atoms with Crippen molar-refractivity contribution < 1.29 is 8.63 Å². The number of nitrogens with two attached hydrogens (primary N) is 1. The predicted molar refractivity (Wildman–Crippen MR) is 64.5 cm³/mol. The van der Waals surface area contributed by atoms with Crippen LogP contribution in [0.4, 0.5) is 5.69 Å². The molecule has 0 amide bonds. The summed E-state index contributed by atoms with van der Waals surface area (Å²) >= 11 is 0. The van der Waals surface area contributed by atoms with Crippen LogP contribution in [0.15, 0.2) is 27.8 Å². The average Bonchev–Trinajstić information content (AvgIpc) is 2.73. The lowest BCUT2D eigenvalue weighted by molar-refractivity contribution is 0.476. The van der Waals surface area contributed by atoms with Crippen LogP contribution in [0.2, 0.25) is 0 Å². The second-order valence-electron chi connectivity index (χ2n) is 3.53. The van der Waals surface area contributed by atoms with Crippen molar-refractivity contribution in [2.24, 2.45) is 0 Å². The largest absolute Gasteiger partial charge is 0.430 e. The van der Waals surface area contributed by atoms with E-state index >= 15 is 0 Å². The van der Waals surface area contributed by atoms with Gasteiger partial charge >= 0.3 is 0 Å². The zero-order valence-electron chi connectivity index (χ0n) is 9.21. The van der Waals surface area contributed by atoms with Gasteiger partial charge in [0.2, 0.25) is 0 Å². The van der Waals surface area contributed by atoms with E-state index in [2.05, 4.69) is 4.98 Å². The summed E-state index contributed by atoms with van der Waals surface area (Å²) in [5, 5.41) is 8.33. The van der Waals surface area contributed by atoms with Crippen molar-refractivity contribution in [1.82, 2.24) is 4.98 Å². The van der Waals surface area contributed by atoms with Crippen LogP contribution in [0, 0.1) is 11.3 Å². The van der Waals surface area contributed by atoms with Gasteiger partial charge in [-0.25, -0.2) is 9.19 Å². The molecule has 2 N–H and O–H groups in total. The van der Waals surface area contributed by atoms with Crippen LogP contribution in [-0.2, 0) is 10.8 Å². The summed E-state index contributed by atoms with van der Waals surface area (Å²) in [6.45, 7) is 1.80. The van der Waals surface area contributed by atoms with E-state index in [9.17, 15) is 4.21 Å². The molecule has 2 aromatic rings. The van der Waals surface area contributed by atoms with Crippen molar-refractivity contribution in [2.45, 2.75) is 23.8 Å². The number of aromatic nitrogens is 1. The van der Waals surface area contributed by atoms with E-state index in [1.54, 1.807) is 25.1 Å². The number of benzene rings is 1. The lowest BCUT2D eigenvalue weighted by Gasteiger charge is -2.00. The van der Waals surface area contributed by atoms with Gasteiger partial charge in [-0.1, -0.05) is 6.92 Å². The van der Waals surface area contributed by atoms with Gasteiger partial charge in [0.25, 0.3) is 5.22 Å². The molecule has 2 unspecified atom stereocenters. The highest BCUT2D eigenvalue weighted by Crippen LogP contribution is 2.22. The number of anilines is 1. The third kappa shape index (κ3) is 2.15. The van der Waals surface area contributed by atoms with Gasteiger partial charge in [0.1, 0.15) is 21.6 Å². The molecule has 5 nitrogen and oxygen atoms in total. The molecule has 1 aromatic carbocycles. The molecule has 2 rings (SSSR count). The summed E-state index contributed by atoms with van der Waals surface area (Å²) < 4.78 is 17.3.